The van der Waals surface area contributed by atoms with Crippen LogP contribution in [0, 0.1) is 11.8 Å². The van der Waals surface area contributed by atoms with Crippen molar-refractivity contribution < 1.29 is 4.42 Å². The summed E-state index contributed by atoms with van der Waals surface area (Å²) in [6.07, 6.45) is 24.6. The number of furan rings is 1. The van der Waals surface area contributed by atoms with Crippen LogP contribution in [-0.4, -0.2) is 13.8 Å². The van der Waals surface area contributed by atoms with Gasteiger partial charge in [-0.25, -0.2) is 0 Å². The maximum absolute atomic E-state index is 7.01. The van der Waals surface area contributed by atoms with Crippen LogP contribution in [0.5, 0.6) is 0 Å². The fraction of sp³-hybridized carbons (Fsp3) is 0.474. The maximum Gasteiger partial charge on any atom is 0.243 e. The van der Waals surface area contributed by atoms with Gasteiger partial charge in [0.1, 0.15) is 5.76 Å². The minimum atomic E-state index is -0.0184. The minimum Gasteiger partial charge on any atom is -0.476 e. The first-order valence-electron chi connectivity index (χ1n) is 23.3. The van der Waals surface area contributed by atoms with Gasteiger partial charge in [0.05, 0.1) is 11.4 Å². The predicted molar refractivity (Wildman–Crippen MR) is 268 cm³/mol. The molecule has 61 heavy (non-hydrogen) atoms. The highest BCUT2D eigenvalue weighted by atomic mass is 16.3. The lowest BCUT2D eigenvalue weighted by molar-refractivity contribution is 0.282. The van der Waals surface area contributed by atoms with Gasteiger partial charge in [0.2, 0.25) is 7.28 Å². The van der Waals surface area contributed by atoms with Gasteiger partial charge in [0.15, 0.2) is 0 Å². The maximum atomic E-state index is 7.01. The van der Waals surface area contributed by atoms with Gasteiger partial charge in [-0.1, -0.05) is 150 Å². The molecule has 0 spiro atoms. The molecule has 4 heteroatoms. The summed E-state index contributed by atoms with van der Waals surface area (Å²) >= 11 is 0. The van der Waals surface area contributed by atoms with Crippen molar-refractivity contribution >= 4 is 35.5 Å². The predicted octanol–water partition coefficient (Wildman–Crippen LogP) is 14.7. The third-order valence-electron chi connectivity index (χ3n) is 14.1. The summed E-state index contributed by atoms with van der Waals surface area (Å²) in [6.45, 7) is 38.3. The van der Waals surface area contributed by atoms with Crippen LogP contribution in [0.15, 0.2) is 130 Å². The zero-order chi connectivity index (χ0) is 44.5. The lowest BCUT2D eigenvalue weighted by atomic mass is 9.59. The van der Waals surface area contributed by atoms with Crippen LogP contribution in [0.4, 0.5) is 17.1 Å². The van der Waals surface area contributed by atoms with Gasteiger partial charge >= 0.3 is 0 Å². The van der Waals surface area contributed by atoms with E-state index in [0.29, 0.717) is 11.8 Å². The van der Waals surface area contributed by atoms with E-state index in [1.165, 1.54) is 33.4 Å². The number of fused-ring (bicyclic) bond motifs is 2. The van der Waals surface area contributed by atoms with E-state index in [1.807, 2.05) is 0 Å². The van der Waals surface area contributed by atoms with Gasteiger partial charge in [-0.2, -0.15) is 0 Å². The smallest absolute Gasteiger partial charge is 0.243 e. The topological polar surface area (TPSA) is 28.4 Å². The van der Waals surface area contributed by atoms with Crippen LogP contribution in [0.25, 0.3) is 0 Å². The Morgan fingerprint density at radius 2 is 1.56 bits per heavy atom. The Bertz CT molecular complexity index is 2260. The first-order valence-corrected chi connectivity index (χ1v) is 23.3. The Morgan fingerprint density at radius 1 is 0.902 bits per heavy atom. The van der Waals surface area contributed by atoms with Gasteiger partial charge in [-0.15, -0.1) is 0 Å². The van der Waals surface area contributed by atoms with Crippen molar-refractivity contribution in [2.24, 2.45) is 11.8 Å². The van der Waals surface area contributed by atoms with Crippen LogP contribution in [0.3, 0.4) is 0 Å². The van der Waals surface area contributed by atoms with Gasteiger partial charge in [-0.05, 0) is 156 Å². The van der Waals surface area contributed by atoms with Crippen LogP contribution >= 0.6 is 0 Å². The monoisotopic (exact) mass is 816 g/mol. The minimum absolute atomic E-state index is 0.00390. The number of rotatable bonds is 14. The second-order valence-corrected chi connectivity index (χ2v) is 21.1. The summed E-state index contributed by atoms with van der Waals surface area (Å²) < 4.78 is 7.01. The molecule has 1 aromatic heterocycles. The molecule has 1 N–H and O–H groups in total. The fourth-order valence-corrected chi connectivity index (χ4v) is 9.92. The highest BCUT2D eigenvalue weighted by Crippen LogP contribution is 2.49. The van der Waals surface area contributed by atoms with E-state index >= 15 is 0 Å². The molecule has 0 aliphatic heterocycles. The summed E-state index contributed by atoms with van der Waals surface area (Å²) in [5.41, 5.74) is 15.7. The Kier molecular flexibility index (Phi) is 13.7. The molecule has 2 aromatic carbocycles. The molecule has 3 aliphatic rings. The third kappa shape index (κ3) is 9.80. The van der Waals surface area contributed by atoms with E-state index in [-0.39, 0.29) is 21.7 Å². The number of anilines is 3. The lowest BCUT2D eigenvalue weighted by Crippen LogP contribution is -2.39. The van der Waals surface area contributed by atoms with Gasteiger partial charge in [0.25, 0.3) is 0 Å². The molecule has 0 fully saturated rings. The molecule has 0 saturated heterocycles. The highest BCUT2D eigenvalue weighted by Gasteiger charge is 2.42. The second-order valence-electron chi connectivity index (χ2n) is 21.1. The third-order valence-corrected chi connectivity index (χ3v) is 14.1. The number of nitrogens with one attached hydrogen (secondary N) is 1. The fourth-order valence-electron chi connectivity index (χ4n) is 9.92. The average molecular weight is 816 g/mol. The molecule has 3 aromatic rings. The summed E-state index contributed by atoms with van der Waals surface area (Å²) in [7, 11) is 2.34. The van der Waals surface area contributed by atoms with E-state index in [2.05, 4.69) is 206 Å². The van der Waals surface area contributed by atoms with Crippen molar-refractivity contribution in [3.8, 4) is 0 Å². The number of hydrogen-bond donors (Lipinski definition) is 1. The SMILES string of the molecule is C=C(C1=C(C)C=CCC1C)/C(=C\C=C\CC)N(c1cccc(NC/C=C\C(=C/C)C(C)C)c1)c1cc2c(cc1[B]c1cc3c(o1)C(C)(C)CCC3(C)C)C(C)(C)CCC2(C)C. The van der Waals surface area contributed by atoms with Gasteiger partial charge in [-0.3, -0.25) is 0 Å². The van der Waals surface area contributed by atoms with E-state index in [4.69, 9.17) is 11.0 Å². The van der Waals surface area contributed by atoms with Crippen LogP contribution < -0.4 is 21.3 Å². The summed E-state index contributed by atoms with van der Waals surface area (Å²) in [5, 5.41) is 3.74. The van der Waals surface area contributed by atoms with Crippen molar-refractivity contribution in [2.45, 2.75) is 157 Å². The molecule has 3 nitrogen and oxygen atoms in total. The quantitative estimate of drug-likeness (QED) is 0.130. The van der Waals surface area contributed by atoms with Crippen LogP contribution in [0.1, 0.15) is 158 Å². The number of nitrogens with zero attached hydrogens (tertiary/aromatic N) is 1. The van der Waals surface area contributed by atoms with Crippen molar-refractivity contribution in [2.75, 3.05) is 16.8 Å². The first kappa shape index (κ1) is 46.1. The molecule has 1 heterocycles. The number of hydrogen-bond acceptors (Lipinski definition) is 3. The largest absolute Gasteiger partial charge is 0.476 e. The van der Waals surface area contributed by atoms with E-state index < -0.39 is 0 Å². The van der Waals surface area contributed by atoms with Crippen molar-refractivity contribution in [1.82, 2.24) is 0 Å². The Labute approximate surface area is 372 Å². The Balaban J connectivity index is 1.62. The molecule has 3 aliphatic carbocycles. The standard InChI is InChI=1S/C57H76BN2O/c1-16-18-19-28-49(41(7)52-39(5)23-20-24-40(52)6)60(44-27-21-26-43(34-44)59-33-22-25-42(17-2)38(3)4)50-36-46-45(54(8,9)29-30-55(46,10)11)35-48(50)58-51-37-47-53(61-51)57(14,15)32-31-56(47,12)13/h17-23,25-28,34-38,40,59H,7,16,24,29-33H2,1-6,8-15H3/b19-18+,25-22-,42-17+,49-28+. The molecule has 0 bridgehead atoms. The van der Waals surface area contributed by atoms with E-state index in [0.717, 1.165) is 90.3 Å². The normalized spacial score (nSPS) is 20.6. The molecular weight excluding hydrogens is 739 g/mol. The lowest BCUT2D eigenvalue weighted by Gasteiger charge is -2.43. The second kappa shape index (κ2) is 18.1. The first-order chi connectivity index (χ1) is 28.7. The van der Waals surface area contributed by atoms with Crippen molar-refractivity contribution in [3.63, 3.8) is 0 Å². The highest BCUT2D eigenvalue weighted by molar-refractivity contribution is 6.67. The summed E-state index contributed by atoms with van der Waals surface area (Å²) in [6, 6.07) is 16.3. The van der Waals surface area contributed by atoms with Crippen LogP contribution in [-0.2, 0) is 21.7 Å². The zero-order valence-corrected chi connectivity index (χ0v) is 40.4. The molecular formula is C57H76BN2O. The summed E-state index contributed by atoms with van der Waals surface area (Å²) in [4.78, 5) is 2.51. The van der Waals surface area contributed by atoms with Gasteiger partial charge < -0.3 is 14.6 Å². The molecule has 323 valence electrons. The van der Waals surface area contributed by atoms with Crippen molar-refractivity contribution in [3.05, 3.63) is 148 Å². The van der Waals surface area contributed by atoms with E-state index in [1.54, 1.807) is 0 Å². The molecule has 1 unspecified atom stereocenters. The molecule has 0 saturated carbocycles. The molecule has 1 atom stereocenters. The molecule has 0 amide bonds. The van der Waals surface area contributed by atoms with Crippen molar-refractivity contribution in [1.29, 1.82) is 0 Å². The summed E-state index contributed by atoms with van der Waals surface area (Å²) in [5.74, 6) is 1.97. The molecule has 1 radical (unpaired) electrons. The average Bonchev–Trinajstić information content (AvgIpc) is 3.65. The van der Waals surface area contributed by atoms with E-state index in [9.17, 15) is 0 Å². The molecule has 6 rings (SSSR count). The van der Waals surface area contributed by atoms with Crippen LogP contribution in [0.2, 0.25) is 0 Å². The van der Waals surface area contributed by atoms with Gasteiger partial charge in [0, 0.05) is 29.0 Å². The zero-order valence-electron chi connectivity index (χ0n) is 40.4. The number of benzene rings is 2. The Morgan fingerprint density at radius 3 is 2.18 bits per heavy atom. The number of allylic oxidation sites excluding steroid dienone is 10. The Hall–Kier alpha value is -4.44.